The van der Waals surface area contributed by atoms with Crippen molar-refractivity contribution in [1.82, 2.24) is 4.90 Å². The van der Waals surface area contributed by atoms with Crippen LogP contribution in [0.1, 0.15) is 40.5 Å². The molecule has 1 heteroatoms. The molecular formula is C12H23N. The summed E-state index contributed by atoms with van der Waals surface area (Å²) in [5.74, 6) is 0.740. The number of rotatable bonds is 3. The SMILES string of the molecule is CCC1=C(C(C)C)CN(CC)CC1. The number of likely N-dealkylation sites (N-methyl/N-ethyl adjacent to an activating group) is 1. The molecule has 1 rings (SSSR count). The molecule has 0 aromatic carbocycles. The van der Waals surface area contributed by atoms with Crippen LogP contribution in [0.3, 0.4) is 0 Å². The molecule has 0 amide bonds. The van der Waals surface area contributed by atoms with E-state index >= 15 is 0 Å². The lowest BCUT2D eigenvalue weighted by Gasteiger charge is -2.31. The van der Waals surface area contributed by atoms with Crippen LogP contribution >= 0.6 is 0 Å². The molecule has 1 heterocycles. The maximum absolute atomic E-state index is 2.55. The first-order chi connectivity index (χ1) is 6.19. The summed E-state index contributed by atoms with van der Waals surface area (Å²) in [5, 5.41) is 0. The van der Waals surface area contributed by atoms with Crippen molar-refractivity contribution in [3.8, 4) is 0 Å². The Labute approximate surface area is 82.8 Å². The lowest BCUT2D eigenvalue weighted by atomic mass is 9.90. The molecule has 13 heavy (non-hydrogen) atoms. The quantitative estimate of drug-likeness (QED) is 0.605. The second kappa shape index (κ2) is 4.80. The monoisotopic (exact) mass is 181 g/mol. The van der Waals surface area contributed by atoms with Gasteiger partial charge in [0.25, 0.3) is 0 Å². The van der Waals surface area contributed by atoms with Crippen LogP contribution < -0.4 is 0 Å². The van der Waals surface area contributed by atoms with E-state index in [2.05, 4.69) is 32.6 Å². The molecule has 0 radical (unpaired) electrons. The lowest BCUT2D eigenvalue weighted by molar-refractivity contribution is 0.288. The minimum absolute atomic E-state index is 0.740. The van der Waals surface area contributed by atoms with Crippen LogP contribution in [0.25, 0.3) is 0 Å². The highest BCUT2D eigenvalue weighted by molar-refractivity contribution is 5.20. The van der Waals surface area contributed by atoms with Crippen molar-refractivity contribution in [2.75, 3.05) is 19.6 Å². The number of nitrogens with zero attached hydrogens (tertiary/aromatic N) is 1. The van der Waals surface area contributed by atoms with Gasteiger partial charge >= 0.3 is 0 Å². The van der Waals surface area contributed by atoms with Crippen molar-refractivity contribution in [3.63, 3.8) is 0 Å². The second-order valence-electron chi connectivity index (χ2n) is 4.26. The van der Waals surface area contributed by atoms with Gasteiger partial charge < -0.3 is 0 Å². The maximum Gasteiger partial charge on any atom is 0.0198 e. The smallest absolute Gasteiger partial charge is 0.0198 e. The maximum atomic E-state index is 2.55. The van der Waals surface area contributed by atoms with E-state index in [-0.39, 0.29) is 0 Å². The molecule has 0 unspecified atom stereocenters. The fourth-order valence-corrected chi connectivity index (χ4v) is 2.15. The molecule has 1 aliphatic rings. The van der Waals surface area contributed by atoms with Gasteiger partial charge in [-0.15, -0.1) is 0 Å². The van der Waals surface area contributed by atoms with Crippen LogP contribution in [0.5, 0.6) is 0 Å². The van der Waals surface area contributed by atoms with Crippen LogP contribution in [-0.4, -0.2) is 24.5 Å². The first kappa shape index (κ1) is 10.8. The molecule has 0 spiro atoms. The fourth-order valence-electron chi connectivity index (χ4n) is 2.15. The molecule has 0 bridgehead atoms. The van der Waals surface area contributed by atoms with Crippen LogP contribution in [0.4, 0.5) is 0 Å². The average molecular weight is 181 g/mol. The molecular weight excluding hydrogens is 158 g/mol. The van der Waals surface area contributed by atoms with Crippen molar-refractivity contribution in [2.24, 2.45) is 5.92 Å². The third-order valence-corrected chi connectivity index (χ3v) is 3.15. The Balaban J connectivity index is 2.74. The molecule has 76 valence electrons. The van der Waals surface area contributed by atoms with Gasteiger partial charge in [0.2, 0.25) is 0 Å². The molecule has 0 saturated carbocycles. The van der Waals surface area contributed by atoms with Crippen LogP contribution in [-0.2, 0) is 0 Å². The Kier molecular flexibility index (Phi) is 3.98. The summed E-state index contributed by atoms with van der Waals surface area (Å²) in [6.07, 6.45) is 2.56. The minimum Gasteiger partial charge on any atom is -0.299 e. The third kappa shape index (κ3) is 2.57. The molecule has 0 aliphatic carbocycles. The Morgan fingerprint density at radius 1 is 1.31 bits per heavy atom. The van der Waals surface area contributed by atoms with Crippen LogP contribution in [0.15, 0.2) is 11.1 Å². The highest BCUT2D eigenvalue weighted by Gasteiger charge is 2.18. The predicted octanol–water partition coefficient (Wildman–Crippen LogP) is 3.07. The first-order valence-electron chi connectivity index (χ1n) is 5.62. The summed E-state index contributed by atoms with van der Waals surface area (Å²) >= 11 is 0. The van der Waals surface area contributed by atoms with Gasteiger partial charge in [-0.05, 0) is 25.3 Å². The van der Waals surface area contributed by atoms with Crippen molar-refractivity contribution in [2.45, 2.75) is 40.5 Å². The molecule has 0 atom stereocenters. The van der Waals surface area contributed by atoms with Gasteiger partial charge in [-0.3, -0.25) is 4.90 Å². The van der Waals surface area contributed by atoms with Crippen molar-refractivity contribution >= 4 is 0 Å². The zero-order chi connectivity index (χ0) is 9.84. The van der Waals surface area contributed by atoms with Gasteiger partial charge in [0.15, 0.2) is 0 Å². The molecule has 0 aromatic heterocycles. The average Bonchev–Trinajstić information content (AvgIpc) is 2.16. The number of hydrogen-bond acceptors (Lipinski definition) is 1. The van der Waals surface area contributed by atoms with Gasteiger partial charge in [-0.25, -0.2) is 0 Å². The van der Waals surface area contributed by atoms with E-state index < -0.39 is 0 Å². The van der Waals surface area contributed by atoms with E-state index in [1.165, 1.54) is 32.5 Å². The second-order valence-corrected chi connectivity index (χ2v) is 4.26. The third-order valence-electron chi connectivity index (χ3n) is 3.15. The summed E-state index contributed by atoms with van der Waals surface area (Å²) in [5.41, 5.74) is 3.43. The zero-order valence-electron chi connectivity index (χ0n) is 9.56. The van der Waals surface area contributed by atoms with E-state index in [4.69, 9.17) is 0 Å². The highest BCUT2D eigenvalue weighted by Crippen LogP contribution is 2.25. The Morgan fingerprint density at radius 2 is 2.00 bits per heavy atom. The van der Waals surface area contributed by atoms with Gasteiger partial charge in [-0.2, -0.15) is 0 Å². The van der Waals surface area contributed by atoms with E-state index in [1.807, 2.05) is 0 Å². The predicted molar refractivity (Wildman–Crippen MR) is 58.9 cm³/mol. The van der Waals surface area contributed by atoms with Gasteiger partial charge in [0, 0.05) is 13.1 Å². The van der Waals surface area contributed by atoms with Crippen LogP contribution in [0.2, 0.25) is 0 Å². The zero-order valence-corrected chi connectivity index (χ0v) is 9.56. The summed E-state index contributed by atoms with van der Waals surface area (Å²) in [7, 11) is 0. The van der Waals surface area contributed by atoms with Gasteiger partial charge in [0.05, 0.1) is 0 Å². The Bertz CT molecular complexity index is 191. The first-order valence-corrected chi connectivity index (χ1v) is 5.62. The van der Waals surface area contributed by atoms with Crippen molar-refractivity contribution < 1.29 is 0 Å². The Hall–Kier alpha value is -0.300. The summed E-state index contributed by atoms with van der Waals surface area (Å²) in [6.45, 7) is 12.9. The van der Waals surface area contributed by atoms with E-state index in [1.54, 1.807) is 11.1 Å². The number of hydrogen-bond donors (Lipinski definition) is 0. The standard InChI is InChI=1S/C12H23N/c1-5-11-7-8-13(6-2)9-12(11)10(3)4/h10H,5-9H2,1-4H3. The van der Waals surface area contributed by atoms with E-state index in [9.17, 15) is 0 Å². The summed E-state index contributed by atoms with van der Waals surface area (Å²) in [6, 6.07) is 0. The van der Waals surface area contributed by atoms with Crippen LogP contribution in [0, 0.1) is 5.92 Å². The fraction of sp³-hybridized carbons (Fsp3) is 0.833. The molecule has 0 N–H and O–H groups in total. The van der Waals surface area contributed by atoms with Gasteiger partial charge in [0.1, 0.15) is 0 Å². The molecule has 1 nitrogen and oxygen atoms in total. The minimum atomic E-state index is 0.740. The Morgan fingerprint density at radius 3 is 2.46 bits per heavy atom. The molecule has 0 fully saturated rings. The van der Waals surface area contributed by atoms with Crippen molar-refractivity contribution in [3.05, 3.63) is 11.1 Å². The normalized spacial score (nSPS) is 20.1. The van der Waals surface area contributed by atoms with E-state index in [0.29, 0.717) is 0 Å². The molecule has 0 aromatic rings. The van der Waals surface area contributed by atoms with Crippen molar-refractivity contribution in [1.29, 1.82) is 0 Å². The van der Waals surface area contributed by atoms with E-state index in [0.717, 1.165) is 5.92 Å². The topological polar surface area (TPSA) is 3.24 Å². The molecule has 1 aliphatic heterocycles. The highest BCUT2D eigenvalue weighted by atomic mass is 15.1. The summed E-state index contributed by atoms with van der Waals surface area (Å²) < 4.78 is 0. The van der Waals surface area contributed by atoms with Gasteiger partial charge in [-0.1, -0.05) is 38.8 Å². The largest absolute Gasteiger partial charge is 0.299 e. The summed E-state index contributed by atoms with van der Waals surface area (Å²) in [4.78, 5) is 2.55. The lowest BCUT2D eigenvalue weighted by Crippen LogP contribution is -2.32. The molecule has 0 saturated heterocycles.